The topological polar surface area (TPSA) is 108 Å². The van der Waals surface area contributed by atoms with Gasteiger partial charge in [0.2, 0.25) is 11.8 Å². The third kappa shape index (κ3) is 11.6. The molecule has 238 valence electrons. The number of benzene rings is 2. The Morgan fingerprint density at radius 1 is 0.953 bits per heavy atom. The molecule has 0 fully saturated rings. The Bertz CT molecular complexity index is 1200. The predicted molar refractivity (Wildman–Crippen MR) is 172 cm³/mol. The number of ether oxygens (including phenoxy) is 1. The largest absolute Gasteiger partial charge is 0.508 e. The van der Waals surface area contributed by atoms with Crippen LogP contribution in [0, 0.1) is 19.8 Å². The first-order valence-electron chi connectivity index (χ1n) is 15.6. The summed E-state index contributed by atoms with van der Waals surface area (Å²) in [6.45, 7) is 18.1. The van der Waals surface area contributed by atoms with Gasteiger partial charge in [0.05, 0.1) is 0 Å². The van der Waals surface area contributed by atoms with E-state index in [1.165, 1.54) is 0 Å². The molecule has 2 rings (SSSR count). The summed E-state index contributed by atoms with van der Waals surface area (Å²) < 4.78 is 5.54. The van der Waals surface area contributed by atoms with E-state index in [1.807, 2.05) is 39.0 Å². The number of aryl methyl sites for hydroxylation is 2. The molecule has 0 spiro atoms. The van der Waals surface area contributed by atoms with Crippen molar-refractivity contribution in [2.45, 2.75) is 118 Å². The van der Waals surface area contributed by atoms with Gasteiger partial charge in [-0.1, -0.05) is 57.5 Å². The third-order valence-electron chi connectivity index (χ3n) is 7.46. The molecule has 3 atom stereocenters. The van der Waals surface area contributed by atoms with Gasteiger partial charge in [-0.05, 0) is 101 Å². The van der Waals surface area contributed by atoms with Crippen molar-refractivity contribution in [1.29, 1.82) is 0 Å². The van der Waals surface area contributed by atoms with Gasteiger partial charge in [-0.25, -0.2) is 4.79 Å². The highest BCUT2D eigenvalue weighted by Gasteiger charge is 2.39. The number of rotatable bonds is 14. The fraction of sp³-hybridized carbons (Fsp3) is 0.571. The standard InChI is InChI=1S/C35H53N3O5/c1-10-11-20-36-32(40)31(28-17-13-24(4)25(5)21-28)38(26(6)14-12-23(2)3)33(41)30(37-34(42)43-35(7,8)9)22-27-15-18-29(39)19-16-27/h13,15-19,21,23,26,30-31,39H,10-12,14,20,22H2,1-9H3,(H,36,40)(H,37,42). The Kier molecular flexibility index (Phi) is 13.5. The molecule has 2 aromatic carbocycles. The lowest BCUT2D eigenvalue weighted by molar-refractivity contribution is -0.145. The van der Waals surface area contributed by atoms with Crippen LogP contribution >= 0.6 is 0 Å². The van der Waals surface area contributed by atoms with E-state index < -0.39 is 23.8 Å². The van der Waals surface area contributed by atoms with Gasteiger partial charge >= 0.3 is 6.09 Å². The number of nitrogens with one attached hydrogen (secondary N) is 2. The van der Waals surface area contributed by atoms with Gasteiger partial charge in [0.15, 0.2) is 0 Å². The highest BCUT2D eigenvalue weighted by Crippen LogP contribution is 2.29. The second-order valence-electron chi connectivity index (χ2n) is 13.0. The van der Waals surface area contributed by atoms with Crippen LogP contribution in [0.1, 0.15) is 102 Å². The summed E-state index contributed by atoms with van der Waals surface area (Å²) in [5.41, 5.74) is 2.83. The van der Waals surface area contributed by atoms with Crippen molar-refractivity contribution in [3.63, 3.8) is 0 Å². The monoisotopic (exact) mass is 595 g/mol. The maximum atomic E-state index is 14.7. The average Bonchev–Trinajstić information content (AvgIpc) is 2.91. The van der Waals surface area contributed by atoms with E-state index in [2.05, 4.69) is 31.4 Å². The van der Waals surface area contributed by atoms with E-state index in [1.54, 1.807) is 49.9 Å². The Hall–Kier alpha value is -3.55. The molecular formula is C35H53N3O5. The van der Waals surface area contributed by atoms with Crippen molar-refractivity contribution < 1.29 is 24.2 Å². The van der Waals surface area contributed by atoms with Crippen LogP contribution < -0.4 is 10.6 Å². The zero-order valence-corrected chi connectivity index (χ0v) is 27.6. The molecular weight excluding hydrogens is 542 g/mol. The number of hydrogen-bond acceptors (Lipinski definition) is 5. The molecule has 0 saturated heterocycles. The number of alkyl carbamates (subject to hydrolysis) is 1. The second kappa shape index (κ2) is 16.3. The van der Waals surface area contributed by atoms with Crippen molar-refractivity contribution >= 4 is 17.9 Å². The second-order valence-corrected chi connectivity index (χ2v) is 13.0. The zero-order valence-electron chi connectivity index (χ0n) is 27.6. The summed E-state index contributed by atoms with van der Waals surface area (Å²) >= 11 is 0. The molecule has 0 aromatic heterocycles. The van der Waals surface area contributed by atoms with E-state index in [0.717, 1.165) is 41.5 Å². The molecule has 3 amide bonds. The lowest BCUT2D eigenvalue weighted by atomic mass is 9.94. The zero-order chi connectivity index (χ0) is 32.3. The van der Waals surface area contributed by atoms with Crippen LogP contribution in [0.5, 0.6) is 5.75 Å². The van der Waals surface area contributed by atoms with Crippen LogP contribution in [0.15, 0.2) is 42.5 Å². The van der Waals surface area contributed by atoms with Crippen LogP contribution in [-0.2, 0) is 20.7 Å². The molecule has 0 aliphatic carbocycles. The number of phenolic OH excluding ortho intramolecular Hbond substituents is 1. The van der Waals surface area contributed by atoms with Crippen LogP contribution in [0.4, 0.5) is 4.79 Å². The lowest BCUT2D eigenvalue weighted by Gasteiger charge is -2.39. The summed E-state index contributed by atoms with van der Waals surface area (Å²) in [7, 11) is 0. The smallest absolute Gasteiger partial charge is 0.408 e. The van der Waals surface area contributed by atoms with Crippen LogP contribution in [0.2, 0.25) is 0 Å². The number of unbranched alkanes of at least 4 members (excludes halogenated alkanes) is 1. The van der Waals surface area contributed by atoms with E-state index in [-0.39, 0.29) is 30.0 Å². The summed E-state index contributed by atoms with van der Waals surface area (Å²) in [5, 5.41) is 15.7. The number of carbonyl (C=O) groups is 3. The van der Waals surface area contributed by atoms with Crippen molar-refractivity contribution in [1.82, 2.24) is 15.5 Å². The van der Waals surface area contributed by atoms with Crippen molar-refractivity contribution in [3.05, 3.63) is 64.7 Å². The Labute approximate surface area is 258 Å². The van der Waals surface area contributed by atoms with E-state index in [4.69, 9.17) is 4.74 Å². The molecule has 3 N–H and O–H groups in total. The Balaban J connectivity index is 2.66. The minimum atomic E-state index is -1.02. The fourth-order valence-electron chi connectivity index (χ4n) is 4.87. The van der Waals surface area contributed by atoms with Gasteiger partial charge in [-0.2, -0.15) is 0 Å². The van der Waals surface area contributed by atoms with Gasteiger partial charge < -0.3 is 25.4 Å². The molecule has 0 radical (unpaired) electrons. The summed E-state index contributed by atoms with van der Waals surface area (Å²) in [5.74, 6) is -0.106. The first-order chi connectivity index (χ1) is 20.1. The molecule has 2 aromatic rings. The first kappa shape index (κ1) is 35.6. The van der Waals surface area contributed by atoms with Crippen molar-refractivity contribution in [3.8, 4) is 5.75 Å². The normalized spacial score (nSPS) is 13.6. The molecule has 0 aliphatic heterocycles. The number of carbonyl (C=O) groups excluding carboxylic acids is 3. The average molecular weight is 596 g/mol. The quantitative estimate of drug-likeness (QED) is 0.209. The van der Waals surface area contributed by atoms with Gasteiger partial charge in [0.1, 0.15) is 23.4 Å². The SMILES string of the molecule is CCCCNC(=O)C(c1ccc(C)c(C)c1)N(C(=O)C(Cc1ccc(O)cc1)NC(=O)OC(C)(C)C)C(C)CCC(C)C. The van der Waals surface area contributed by atoms with Crippen molar-refractivity contribution in [2.24, 2.45) is 5.92 Å². The third-order valence-corrected chi connectivity index (χ3v) is 7.46. The van der Waals surface area contributed by atoms with E-state index >= 15 is 0 Å². The number of nitrogens with zero attached hydrogens (tertiary/aromatic N) is 1. The molecule has 0 saturated carbocycles. The Morgan fingerprint density at radius 3 is 2.16 bits per heavy atom. The number of phenols is 1. The van der Waals surface area contributed by atoms with Gasteiger partial charge in [0.25, 0.3) is 0 Å². The maximum Gasteiger partial charge on any atom is 0.408 e. The van der Waals surface area contributed by atoms with Gasteiger partial charge in [0, 0.05) is 19.0 Å². The van der Waals surface area contributed by atoms with Gasteiger partial charge in [-0.15, -0.1) is 0 Å². The minimum Gasteiger partial charge on any atom is -0.508 e. The molecule has 3 unspecified atom stereocenters. The van der Waals surface area contributed by atoms with Gasteiger partial charge in [-0.3, -0.25) is 9.59 Å². The predicted octanol–water partition coefficient (Wildman–Crippen LogP) is 6.76. The van der Waals surface area contributed by atoms with E-state index in [0.29, 0.717) is 18.9 Å². The number of amides is 3. The van der Waals surface area contributed by atoms with Crippen LogP contribution in [0.3, 0.4) is 0 Å². The summed E-state index contributed by atoms with van der Waals surface area (Å²) in [4.78, 5) is 43.4. The Morgan fingerprint density at radius 2 is 1.60 bits per heavy atom. The molecule has 8 heteroatoms. The maximum absolute atomic E-state index is 14.7. The molecule has 8 nitrogen and oxygen atoms in total. The summed E-state index contributed by atoms with van der Waals surface area (Å²) in [6, 6.07) is 10.2. The minimum absolute atomic E-state index is 0.106. The fourth-order valence-corrected chi connectivity index (χ4v) is 4.87. The molecule has 43 heavy (non-hydrogen) atoms. The summed E-state index contributed by atoms with van der Waals surface area (Å²) in [6.07, 6.45) is 2.75. The molecule has 0 aliphatic rings. The molecule has 0 heterocycles. The highest BCUT2D eigenvalue weighted by atomic mass is 16.6. The highest BCUT2D eigenvalue weighted by molar-refractivity contribution is 5.92. The first-order valence-corrected chi connectivity index (χ1v) is 15.6. The number of hydrogen-bond donors (Lipinski definition) is 3. The number of aromatic hydroxyl groups is 1. The van der Waals surface area contributed by atoms with Crippen LogP contribution in [0.25, 0.3) is 0 Å². The van der Waals surface area contributed by atoms with Crippen LogP contribution in [-0.4, -0.2) is 52.1 Å². The van der Waals surface area contributed by atoms with E-state index in [9.17, 15) is 19.5 Å². The van der Waals surface area contributed by atoms with Crippen molar-refractivity contribution in [2.75, 3.05) is 6.54 Å². The lowest BCUT2D eigenvalue weighted by Crippen LogP contribution is -2.56. The molecule has 0 bridgehead atoms.